The van der Waals surface area contributed by atoms with Gasteiger partial charge in [-0.25, -0.2) is 0 Å². The number of aliphatic hydroxyl groups is 1. The van der Waals surface area contributed by atoms with Crippen molar-refractivity contribution < 1.29 is 10.2 Å². The number of aliphatic hydroxyl groups excluding tert-OH is 1. The third-order valence-corrected chi connectivity index (χ3v) is 11.7. The van der Waals surface area contributed by atoms with Crippen molar-refractivity contribution in [1.29, 1.82) is 0 Å². The van der Waals surface area contributed by atoms with Gasteiger partial charge in [0.1, 0.15) is 5.75 Å². The van der Waals surface area contributed by atoms with Crippen LogP contribution in [0, 0.1) is 29.1 Å². The number of fused-ring (bicyclic) bond motifs is 5. The lowest BCUT2D eigenvalue weighted by Gasteiger charge is -2.58. The molecule has 0 aromatic heterocycles. The van der Waals surface area contributed by atoms with Gasteiger partial charge in [-0.05, 0) is 129 Å². The molecule has 5 atom stereocenters. The number of aromatic hydroxyl groups is 1. The van der Waals surface area contributed by atoms with Crippen molar-refractivity contribution in [2.75, 3.05) is 0 Å². The first-order valence-electron chi connectivity index (χ1n) is 13.1. The van der Waals surface area contributed by atoms with Gasteiger partial charge in [0, 0.05) is 16.5 Å². The number of nitrogens with two attached hydrogens (primary N) is 1. The molecule has 4 bridgehead atoms. The lowest BCUT2D eigenvalue weighted by molar-refractivity contribution is -0.0406. The zero-order chi connectivity index (χ0) is 21.2. The zero-order valence-electron chi connectivity index (χ0n) is 19.1. The van der Waals surface area contributed by atoms with Crippen molar-refractivity contribution in [3.8, 4) is 5.75 Å². The summed E-state index contributed by atoms with van der Waals surface area (Å²) in [6, 6.07) is 4.63. The summed E-state index contributed by atoms with van der Waals surface area (Å²) in [5, 5.41) is 22.0. The topological polar surface area (TPSA) is 66.5 Å². The van der Waals surface area contributed by atoms with Crippen LogP contribution in [0.25, 0.3) is 0 Å². The molecule has 6 fully saturated rings. The predicted octanol–water partition coefficient (Wildman–Crippen LogP) is 5.16. The largest absolute Gasteiger partial charge is 0.508 e. The highest BCUT2D eigenvalue weighted by Gasteiger charge is 2.62. The second kappa shape index (κ2) is 6.08. The number of hydrogen-bond donors (Lipinski definition) is 3. The van der Waals surface area contributed by atoms with Crippen molar-refractivity contribution in [2.45, 2.75) is 107 Å². The monoisotopic (exact) mass is 421 g/mol. The Labute approximate surface area is 186 Å². The van der Waals surface area contributed by atoms with E-state index in [1.165, 1.54) is 55.2 Å². The summed E-state index contributed by atoms with van der Waals surface area (Å²) in [6.07, 6.45) is 14.1. The Balaban J connectivity index is 1.30. The maximum Gasteiger partial charge on any atom is 0.119 e. The van der Waals surface area contributed by atoms with Crippen LogP contribution < -0.4 is 5.73 Å². The molecule has 7 aliphatic carbocycles. The van der Waals surface area contributed by atoms with Crippen LogP contribution in [0.15, 0.2) is 12.1 Å². The summed E-state index contributed by atoms with van der Waals surface area (Å²) in [7, 11) is 0. The van der Waals surface area contributed by atoms with Crippen LogP contribution in [-0.4, -0.2) is 21.9 Å². The van der Waals surface area contributed by atoms with Gasteiger partial charge in [-0.1, -0.05) is 13.0 Å². The third-order valence-electron chi connectivity index (χ3n) is 11.7. The maximum atomic E-state index is 11.2. The average Bonchev–Trinajstić information content (AvgIpc) is 2.96. The van der Waals surface area contributed by atoms with E-state index in [1.54, 1.807) is 0 Å². The van der Waals surface area contributed by atoms with E-state index in [0.29, 0.717) is 17.6 Å². The van der Waals surface area contributed by atoms with Gasteiger partial charge in [-0.3, -0.25) is 0 Å². The third kappa shape index (κ3) is 2.38. The number of aryl methyl sites for hydroxylation is 1. The standard InChI is InChI=1S/C28H39NO2/c1-26-6-4-20-21-12-23(27-13-16-8-17(14-27)10-18(9-16)15-27)24(30)11-19(21)2-3-22(20)28(26,29)7-5-25(26)31/h11-12,16-18,20,22,25,30-31H,2-10,13-15,29H2,1H3/t16?,17?,18?,20-,22-,25+,26-,27?,28-/m1/s1. The van der Waals surface area contributed by atoms with E-state index in [-0.39, 0.29) is 22.5 Å². The van der Waals surface area contributed by atoms with E-state index in [2.05, 4.69) is 19.1 Å². The van der Waals surface area contributed by atoms with Gasteiger partial charge in [0.15, 0.2) is 0 Å². The number of benzene rings is 1. The first-order valence-corrected chi connectivity index (χ1v) is 13.1. The molecule has 0 unspecified atom stereocenters. The number of rotatable bonds is 1. The molecule has 3 nitrogen and oxygen atoms in total. The minimum Gasteiger partial charge on any atom is -0.508 e. The maximum absolute atomic E-state index is 11.2. The Hall–Kier alpha value is -1.06. The van der Waals surface area contributed by atoms with Gasteiger partial charge in [-0.15, -0.1) is 0 Å². The fourth-order valence-corrected chi connectivity index (χ4v) is 10.5. The summed E-state index contributed by atoms with van der Waals surface area (Å²) < 4.78 is 0. The van der Waals surface area contributed by atoms with Crippen LogP contribution in [0.4, 0.5) is 0 Å². The minimum absolute atomic E-state index is 0.134. The average molecular weight is 422 g/mol. The molecule has 31 heavy (non-hydrogen) atoms. The summed E-state index contributed by atoms with van der Waals surface area (Å²) >= 11 is 0. The predicted molar refractivity (Wildman–Crippen MR) is 122 cm³/mol. The van der Waals surface area contributed by atoms with Crippen LogP contribution in [0.1, 0.15) is 100 Å². The van der Waals surface area contributed by atoms with Crippen LogP contribution in [0.2, 0.25) is 0 Å². The van der Waals surface area contributed by atoms with E-state index in [0.717, 1.165) is 56.3 Å². The Morgan fingerprint density at radius 2 is 1.61 bits per heavy atom. The molecule has 0 heterocycles. The fourth-order valence-electron chi connectivity index (χ4n) is 10.5. The molecule has 1 aromatic rings. The Bertz CT molecular complexity index is 904. The fraction of sp³-hybridized carbons (Fsp3) is 0.786. The van der Waals surface area contributed by atoms with Crippen molar-refractivity contribution in [3.63, 3.8) is 0 Å². The van der Waals surface area contributed by atoms with E-state index in [4.69, 9.17) is 5.73 Å². The number of phenolic OH excluding ortho intramolecular Hbond substituents is 1. The first-order chi connectivity index (χ1) is 14.8. The van der Waals surface area contributed by atoms with Gasteiger partial charge in [-0.2, -0.15) is 0 Å². The molecule has 3 heteroatoms. The normalized spacial score (nSPS) is 52.0. The van der Waals surface area contributed by atoms with E-state index in [1.807, 2.05) is 0 Å². The molecule has 0 amide bonds. The van der Waals surface area contributed by atoms with E-state index >= 15 is 0 Å². The van der Waals surface area contributed by atoms with Gasteiger partial charge in [0.05, 0.1) is 6.10 Å². The number of phenols is 1. The first kappa shape index (κ1) is 19.4. The quantitative estimate of drug-likeness (QED) is 0.587. The second-order valence-electron chi connectivity index (χ2n) is 13.1. The summed E-state index contributed by atoms with van der Waals surface area (Å²) in [4.78, 5) is 0. The molecule has 1 aromatic carbocycles. The van der Waals surface area contributed by atoms with Crippen LogP contribution in [-0.2, 0) is 11.8 Å². The molecule has 8 rings (SSSR count). The molecule has 7 aliphatic rings. The minimum atomic E-state index is -0.248. The summed E-state index contributed by atoms with van der Waals surface area (Å²) in [6.45, 7) is 2.26. The van der Waals surface area contributed by atoms with Gasteiger partial charge in [0.25, 0.3) is 0 Å². The second-order valence-corrected chi connectivity index (χ2v) is 13.1. The Morgan fingerprint density at radius 1 is 0.935 bits per heavy atom. The number of hydrogen-bond acceptors (Lipinski definition) is 3. The molecule has 0 spiro atoms. The Kier molecular flexibility index (Phi) is 3.81. The highest BCUT2D eigenvalue weighted by molar-refractivity contribution is 5.50. The van der Waals surface area contributed by atoms with Crippen LogP contribution >= 0.6 is 0 Å². The highest BCUT2D eigenvalue weighted by atomic mass is 16.3. The molecule has 168 valence electrons. The van der Waals surface area contributed by atoms with Crippen LogP contribution in [0.5, 0.6) is 5.75 Å². The van der Waals surface area contributed by atoms with Gasteiger partial charge < -0.3 is 15.9 Å². The van der Waals surface area contributed by atoms with Crippen molar-refractivity contribution >= 4 is 0 Å². The van der Waals surface area contributed by atoms with Gasteiger partial charge >= 0.3 is 0 Å². The van der Waals surface area contributed by atoms with Crippen molar-refractivity contribution in [1.82, 2.24) is 0 Å². The van der Waals surface area contributed by atoms with E-state index in [9.17, 15) is 10.2 Å². The van der Waals surface area contributed by atoms with Gasteiger partial charge in [0.2, 0.25) is 0 Å². The molecule has 0 aliphatic heterocycles. The highest BCUT2D eigenvalue weighted by Crippen LogP contribution is 2.65. The summed E-state index contributed by atoms with van der Waals surface area (Å²) in [5.74, 6) is 4.20. The molecule has 0 radical (unpaired) electrons. The lowest BCUT2D eigenvalue weighted by Crippen LogP contribution is -2.63. The zero-order valence-corrected chi connectivity index (χ0v) is 19.1. The molecular weight excluding hydrogens is 382 g/mol. The van der Waals surface area contributed by atoms with Crippen molar-refractivity contribution in [3.05, 3.63) is 28.8 Å². The molecule has 0 saturated heterocycles. The lowest BCUT2D eigenvalue weighted by atomic mass is 9.47. The molecular formula is C28H39NO2. The smallest absolute Gasteiger partial charge is 0.119 e. The van der Waals surface area contributed by atoms with E-state index < -0.39 is 0 Å². The molecule has 4 N–H and O–H groups in total. The van der Waals surface area contributed by atoms with Crippen molar-refractivity contribution in [2.24, 2.45) is 34.8 Å². The van der Waals surface area contributed by atoms with Crippen LogP contribution in [0.3, 0.4) is 0 Å². The Morgan fingerprint density at radius 3 is 2.29 bits per heavy atom. The summed E-state index contributed by atoms with van der Waals surface area (Å²) in [5.41, 5.74) is 11.2. The SMILES string of the molecule is C[C@]12CC[C@@H]3c4cc(C56CC7CC(CC(C7)C5)C6)c(O)cc4CC[C@H]3[C@]1(N)CC[C@@H]2O. The molecule has 6 saturated carbocycles.